The number of rotatable bonds is 3. The van der Waals surface area contributed by atoms with Crippen LogP contribution in [0.1, 0.15) is 0 Å². The molecule has 0 fully saturated rings. The second kappa shape index (κ2) is 4.18. The van der Waals surface area contributed by atoms with Gasteiger partial charge in [-0.1, -0.05) is 16.0 Å². The van der Waals surface area contributed by atoms with E-state index in [2.05, 4.69) is 9.17 Å². The van der Waals surface area contributed by atoms with E-state index in [0.717, 1.165) is 0 Å². The third-order valence-electron chi connectivity index (χ3n) is 1.74. The summed E-state index contributed by atoms with van der Waals surface area (Å²) in [6.45, 7) is 0. The molecule has 84 valence electrons. The Bertz CT molecular complexity index is 581. The Morgan fingerprint density at radius 1 is 1.31 bits per heavy atom. The van der Waals surface area contributed by atoms with E-state index >= 15 is 0 Å². The number of halogens is 1. The number of benzene rings is 1. The summed E-state index contributed by atoms with van der Waals surface area (Å²) in [5.41, 5.74) is 0.443. The SMILES string of the molecule is O=S(=O)(F)Oc1ccccc1-c1nccs1. The van der Waals surface area contributed by atoms with E-state index in [0.29, 0.717) is 10.6 Å². The summed E-state index contributed by atoms with van der Waals surface area (Å²) in [7, 11) is -5.01. The highest BCUT2D eigenvalue weighted by atomic mass is 32.3. The molecule has 0 radical (unpaired) electrons. The van der Waals surface area contributed by atoms with Crippen molar-refractivity contribution in [2.45, 2.75) is 0 Å². The van der Waals surface area contributed by atoms with Gasteiger partial charge in [-0.15, -0.1) is 11.3 Å². The maximum atomic E-state index is 12.4. The van der Waals surface area contributed by atoms with E-state index < -0.39 is 10.5 Å². The third kappa shape index (κ3) is 2.56. The Morgan fingerprint density at radius 2 is 2.06 bits per heavy atom. The van der Waals surface area contributed by atoms with Crippen LogP contribution < -0.4 is 4.18 Å². The van der Waals surface area contributed by atoms with Crippen LogP contribution in [0.2, 0.25) is 0 Å². The van der Waals surface area contributed by atoms with Crippen molar-refractivity contribution < 1.29 is 16.5 Å². The van der Waals surface area contributed by atoms with Gasteiger partial charge in [0.15, 0.2) is 5.75 Å². The minimum atomic E-state index is -5.01. The molecular formula is C9H6FNO3S2. The van der Waals surface area contributed by atoms with Gasteiger partial charge in [-0.05, 0) is 12.1 Å². The molecule has 4 nitrogen and oxygen atoms in total. The average molecular weight is 259 g/mol. The summed E-state index contributed by atoms with van der Waals surface area (Å²) in [4.78, 5) is 4.00. The quantitative estimate of drug-likeness (QED) is 0.794. The third-order valence-corrected chi connectivity index (χ3v) is 2.92. The maximum absolute atomic E-state index is 12.4. The molecule has 1 aromatic heterocycles. The van der Waals surface area contributed by atoms with E-state index in [1.807, 2.05) is 0 Å². The van der Waals surface area contributed by atoms with Gasteiger partial charge in [0.25, 0.3) is 0 Å². The summed E-state index contributed by atoms with van der Waals surface area (Å²) >= 11 is 1.31. The van der Waals surface area contributed by atoms with Gasteiger partial charge in [0.05, 0.1) is 5.56 Å². The van der Waals surface area contributed by atoms with E-state index in [4.69, 9.17) is 0 Å². The molecule has 0 unspecified atom stereocenters. The zero-order valence-electron chi connectivity index (χ0n) is 7.83. The molecule has 0 aliphatic carbocycles. The van der Waals surface area contributed by atoms with Gasteiger partial charge in [0.2, 0.25) is 0 Å². The lowest BCUT2D eigenvalue weighted by molar-refractivity contribution is 0.441. The largest absolute Gasteiger partial charge is 0.488 e. The standard InChI is InChI=1S/C9H6FNO3S2/c10-16(12,13)14-8-4-2-1-3-7(8)9-11-5-6-15-9/h1-6H. The molecule has 0 N–H and O–H groups in total. The number of para-hydroxylation sites is 1. The van der Waals surface area contributed by atoms with Crippen LogP contribution in [-0.4, -0.2) is 13.4 Å². The summed E-state index contributed by atoms with van der Waals surface area (Å²) < 4.78 is 37.5. The Balaban J connectivity index is 2.47. The van der Waals surface area contributed by atoms with Crippen molar-refractivity contribution >= 4 is 21.8 Å². The van der Waals surface area contributed by atoms with Crippen molar-refractivity contribution in [3.8, 4) is 16.3 Å². The first-order valence-corrected chi connectivity index (χ1v) is 6.38. The first-order valence-electron chi connectivity index (χ1n) is 4.19. The van der Waals surface area contributed by atoms with E-state index in [-0.39, 0.29) is 5.75 Å². The molecule has 0 bridgehead atoms. The fourth-order valence-electron chi connectivity index (χ4n) is 1.18. The van der Waals surface area contributed by atoms with Crippen LogP contribution in [0.15, 0.2) is 35.8 Å². The summed E-state index contributed by atoms with van der Waals surface area (Å²) in [6.07, 6.45) is 1.57. The van der Waals surface area contributed by atoms with Gasteiger partial charge in [-0.2, -0.15) is 8.42 Å². The Morgan fingerprint density at radius 3 is 2.69 bits per heavy atom. The van der Waals surface area contributed by atoms with Crippen molar-refractivity contribution in [3.05, 3.63) is 35.8 Å². The Hall–Kier alpha value is -1.47. The second-order valence-corrected chi connectivity index (χ2v) is 4.66. The van der Waals surface area contributed by atoms with Gasteiger partial charge in [0, 0.05) is 11.6 Å². The van der Waals surface area contributed by atoms with Crippen molar-refractivity contribution in [1.29, 1.82) is 0 Å². The van der Waals surface area contributed by atoms with Crippen LogP contribution in [0.5, 0.6) is 5.75 Å². The molecule has 0 atom stereocenters. The molecule has 7 heteroatoms. The Labute approximate surface area is 95.8 Å². The van der Waals surface area contributed by atoms with E-state index in [1.54, 1.807) is 29.8 Å². The summed E-state index contributed by atoms with van der Waals surface area (Å²) in [5.74, 6) is -0.0695. The highest BCUT2D eigenvalue weighted by Gasteiger charge is 2.15. The number of nitrogens with zero attached hydrogens (tertiary/aromatic N) is 1. The molecule has 0 aliphatic heterocycles. The lowest BCUT2D eigenvalue weighted by Crippen LogP contribution is -2.02. The summed E-state index contributed by atoms with van der Waals surface area (Å²) in [5, 5.41) is 2.30. The first-order chi connectivity index (χ1) is 7.56. The number of aromatic nitrogens is 1. The smallest absolute Gasteiger partial charge is 0.358 e. The summed E-state index contributed by atoms with van der Waals surface area (Å²) in [6, 6.07) is 6.22. The molecule has 0 amide bonds. The number of hydrogen-bond acceptors (Lipinski definition) is 5. The lowest BCUT2D eigenvalue weighted by atomic mass is 10.2. The highest BCUT2D eigenvalue weighted by Crippen LogP contribution is 2.31. The fraction of sp³-hybridized carbons (Fsp3) is 0. The molecule has 0 saturated heterocycles. The molecular weight excluding hydrogens is 253 g/mol. The molecule has 1 heterocycles. The Kier molecular flexibility index (Phi) is 2.88. The van der Waals surface area contributed by atoms with Gasteiger partial charge in [-0.3, -0.25) is 0 Å². The molecule has 0 saturated carbocycles. The minimum Gasteiger partial charge on any atom is -0.358 e. The molecule has 2 rings (SSSR count). The van der Waals surface area contributed by atoms with Crippen LogP contribution in [0, 0.1) is 0 Å². The lowest BCUT2D eigenvalue weighted by Gasteiger charge is -2.04. The molecule has 1 aromatic carbocycles. The normalized spacial score (nSPS) is 11.3. The van der Waals surface area contributed by atoms with Crippen LogP contribution in [-0.2, 0) is 10.5 Å². The predicted octanol–water partition coefficient (Wildman–Crippen LogP) is 2.40. The zero-order chi connectivity index (χ0) is 11.6. The van der Waals surface area contributed by atoms with Crippen LogP contribution in [0.4, 0.5) is 3.89 Å². The van der Waals surface area contributed by atoms with Crippen molar-refractivity contribution in [2.24, 2.45) is 0 Å². The van der Waals surface area contributed by atoms with Crippen LogP contribution in [0.3, 0.4) is 0 Å². The first kappa shape index (κ1) is 11.0. The van der Waals surface area contributed by atoms with Gasteiger partial charge < -0.3 is 4.18 Å². The fourth-order valence-corrected chi connectivity index (χ4v) is 2.21. The predicted molar refractivity (Wildman–Crippen MR) is 58.2 cm³/mol. The van der Waals surface area contributed by atoms with Gasteiger partial charge >= 0.3 is 10.5 Å². The van der Waals surface area contributed by atoms with E-state index in [9.17, 15) is 12.3 Å². The minimum absolute atomic E-state index is 0.0695. The van der Waals surface area contributed by atoms with Crippen LogP contribution in [0.25, 0.3) is 10.6 Å². The van der Waals surface area contributed by atoms with Gasteiger partial charge in [-0.25, -0.2) is 4.98 Å². The topological polar surface area (TPSA) is 56.3 Å². The highest BCUT2D eigenvalue weighted by molar-refractivity contribution is 7.81. The van der Waals surface area contributed by atoms with Crippen LogP contribution >= 0.6 is 11.3 Å². The average Bonchev–Trinajstić information content (AvgIpc) is 2.69. The second-order valence-electron chi connectivity index (χ2n) is 2.81. The number of hydrogen-bond donors (Lipinski definition) is 0. The molecule has 0 spiro atoms. The van der Waals surface area contributed by atoms with Gasteiger partial charge in [0.1, 0.15) is 5.01 Å². The number of thiazole rings is 1. The van der Waals surface area contributed by atoms with Crippen molar-refractivity contribution in [2.75, 3.05) is 0 Å². The molecule has 16 heavy (non-hydrogen) atoms. The monoisotopic (exact) mass is 259 g/mol. The van der Waals surface area contributed by atoms with E-state index in [1.165, 1.54) is 17.4 Å². The van der Waals surface area contributed by atoms with Crippen molar-refractivity contribution in [3.63, 3.8) is 0 Å². The molecule has 0 aliphatic rings. The van der Waals surface area contributed by atoms with Crippen molar-refractivity contribution in [1.82, 2.24) is 4.98 Å². The maximum Gasteiger partial charge on any atom is 0.488 e. The molecule has 2 aromatic rings. The zero-order valence-corrected chi connectivity index (χ0v) is 9.46.